The normalized spacial score (nSPS) is 16.9. The Hall–Kier alpha value is -3.49. The Morgan fingerprint density at radius 1 is 1.09 bits per heavy atom. The lowest BCUT2D eigenvalue weighted by Gasteiger charge is -2.38. The smallest absolute Gasteiger partial charge is 0.264 e. The van der Waals surface area contributed by atoms with Gasteiger partial charge in [-0.05, 0) is 43.0 Å². The Balaban J connectivity index is 1.16. The molecule has 35 heavy (non-hydrogen) atoms. The third-order valence-corrected chi connectivity index (χ3v) is 6.88. The topological polar surface area (TPSA) is 85.4 Å². The first-order valence-electron chi connectivity index (χ1n) is 12.0. The predicted molar refractivity (Wildman–Crippen MR) is 134 cm³/mol. The Labute approximate surface area is 204 Å². The number of likely N-dealkylation sites (tertiary alicyclic amines) is 1. The van der Waals surface area contributed by atoms with E-state index in [-0.39, 0.29) is 18.2 Å². The van der Waals surface area contributed by atoms with Crippen LogP contribution in [0.15, 0.2) is 71.9 Å². The second-order valence-corrected chi connectivity index (χ2v) is 9.50. The van der Waals surface area contributed by atoms with Crippen molar-refractivity contribution in [3.05, 3.63) is 88.6 Å². The molecule has 3 heterocycles. The lowest BCUT2D eigenvalue weighted by Crippen LogP contribution is -2.47. The molecule has 2 aromatic carbocycles. The van der Waals surface area contributed by atoms with E-state index in [9.17, 15) is 9.90 Å². The van der Waals surface area contributed by atoms with Gasteiger partial charge in [-0.1, -0.05) is 42.5 Å². The van der Waals surface area contributed by atoms with E-state index in [2.05, 4.69) is 46.2 Å². The summed E-state index contributed by atoms with van der Waals surface area (Å²) in [5.41, 5.74) is 1.83. The average Bonchev–Trinajstić information content (AvgIpc) is 3.25. The van der Waals surface area contributed by atoms with Gasteiger partial charge in [0.15, 0.2) is 5.65 Å². The number of fused-ring (bicyclic) bond motifs is 1. The first-order valence-corrected chi connectivity index (χ1v) is 12.0. The van der Waals surface area contributed by atoms with E-state index in [1.807, 2.05) is 30.3 Å². The van der Waals surface area contributed by atoms with Crippen LogP contribution in [0.5, 0.6) is 5.75 Å². The Kier molecular flexibility index (Phi) is 6.40. The van der Waals surface area contributed by atoms with Crippen molar-refractivity contribution in [2.45, 2.75) is 44.6 Å². The van der Waals surface area contributed by atoms with Crippen molar-refractivity contribution in [2.75, 3.05) is 13.1 Å². The minimum absolute atomic E-state index is 0.0276. The zero-order valence-corrected chi connectivity index (χ0v) is 20.2. The van der Waals surface area contributed by atoms with Gasteiger partial charge in [-0.25, -0.2) is 4.98 Å². The summed E-state index contributed by atoms with van der Waals surface area (Å²) in [5, 5.41) is 15.8. The number of aliphatic hydroxyl groups is 1. The van der Waals surface area contributed by atoms with Crippen LogP contribution < -0.4 is 10.3 Å². The van der Waals surface area contributed by atoms with Gasteiger partial charge in [-0.3, -0.25) is 18.9 Å². The molecule has 4 aromatic rings. The Bertz CT molecular complexity index is 1340. The fourth-order valence-electron chi connectivity index (χ4n) is 4.71. The number of hydrogen-bond acceptors (Lipinski definition) is 6. The molecule has 0 spiro atoms. The molecule has 1 aliphatic heterocycles. The van der Waals surface area contributed by atoms with E-state index in [1.54, 1.807) is 11.7 Å². The summed E-state index contributed by atoms with van der Waals surface area (Å²) >= 11 is 0. The summed E-state index contributed by atoms with van der Waals surface area (Å²) in [4.78, 5) is 19.5. The van der Waals surface area contributed by atoms with E-state index in [0.717, 1.165) is 30.9 Å². The molecule has 0 bridgehead atoms. The highest BCUT2D eigenvalue weighted by Gasteiger charge is 2.33. The van der Waals surface area contributed by atoms with Crippen LogP contribution in [-0.4, -0.2) is 48.0 Å². The lowest BCUT2D eigenvalue weighted by molar-refractivity contribution is -0.0364. The summed E-state index contributed by atoms with van der Waals surface area (Å²) in [6.07, 6.45) is 4.23. The van der Waals surface area contributed by atoms with Crippen molar-refractivity contribution in [1.29, 1.82) is 0 Å². The van der Waals surface area contributed by atoms with Crippen LogP contribution in [0.2, 0.25) is 0 Å². The maximum absolute atomic E-state index is 12.8. The van der Waals surface area contributed by atoms with Gasteiger partial charge in [0.25, 0.3) is 5.56 Å². The van der Waals surface area contributed by atoms with E-state index in [4.69, 9.17) is 4.74 Å². The first-order chi connectivity index (χ1) is 16.9. The van der Waals surface area contributed by atoms with E-state index < -0.39 is 5.60 Å². The molecule has 182 valence electrons. The van der Waals surface area contributed by atoms with Crippen LogP contribution in [0.1, 0.15) is 37.0 Å². The van der Waals surface area contributed by atoms with Crippen molar-refractivity contribution < 1.29 is 9.84 Å². The number of piperidine rings is 1. The van der Waals surface area contributed by atoms with Crippen molar-refractivity contribution in [1.82, 2.24) is 24.2 Å². The molecule has 1 N–H and O–H groups in total. The van der Waals surface area contributed by atoms with Gasteiger partial charge in [-0.2, -0.15) is 5.10 Å². The molecular formula is C27H31N5O3. The fraction of sp³-hybridized carbons (Fsp3) is 0.370. The summed E-state index contributed by atoms with van der Waals surface area (Å²) in [6, 6.07) is 18.4. The summed E-state index contributed by atoms with van der Waals surface area (Å²) in [5.74, 6) is 0.864. The van der Waals surface area contributed by atoms with E-state index >= 15 is 0 Å². The minimum atomic E-state index is -0.925. The highest BCUT2D eigenvalue weighted by Crippen LogP contribution is 2.26. The minimum Gasteiger partial charge on any atom is -0.486 e. The molecule has 0 aliphatic carbocycles. The largest absolute Gasteiger partial charge is 0.486 e. The van der Waals surface area contributed by atoms with E-state index in [1.165, 1.54) is 22.7 Å². The predicted octanol–water partition coefficient (Wildman–Crippen LogP) is 3.30. The Morgan fingerprint density at radius 2 is 1.80 bits per heavy atom. The van der Waals surface area contributed by atoms with Gasteiger partial charge in [-0.15, -0.1) is 0 Å². The number of benzene rings is 2. The van der Waals surface area contributed by atoms with Crippen molar-refractivity contribution in [3.63, 3.8) is 0 Å². The highest BCUT2D eigenvalue weighted by molar-refractivity contribution is 5.72. The molecule has 1 fully saturated rings. The standard InChI is InChI=1S/C27H31N5O3/c1-20(35-23-6-4-3-5-7-23)22-10-8-21(9-11-22)17-31-14-12-27(34,13-15-31)18-32-19-28-25-24(26(32)33)16-29-30(25)2/h3-11,16,19-20,34H,12-15,17-18H2,1-2H3. The maximum atomic E-state index is 12.8. The Morgan fingerprint density at radius 3 is 2.51 bits per heavy atom. The van der Waals surface area contributed by atoms with Crippen molar-refractivity contribution in [2.24, 2.45) is 7.05 Å². The van der Waals surface area contributed by atoms with Gasteiger partial charge in [0.2, 0.25) is 0 Å². The second-order valence-electron chi connectivity index (χ2n) is 9.50. The van der Waals surface area contributed by atoms with Gasteiger partial charge in [0, 0.05) is 26.7 Å². The molecule has 0 amide bonds. The molecule has 1 saturated heterocycles. The molecule has 1 aliphatic rings. The molecule has 2 aromatic heterocycles. The van der Waals surface area contributed by atoms with Gasteiger partial charge >= 0.3 is 0 Å². The SMILES string of the molecule is CC(Oc1ccccc1)c1ccc(CN2CCC(O)(Cn3cnc4c(cnn4C)c3=O)CC2)cc1. The van der Waals surface area contributed by atoms with Crippen LogP contribution >= 0.6 is 0 Å². The summed E-state index contributed by atoms with van der Waals surface area (Å²) < 4.78 is 9.12. The molecule has 1 unspecified atom stereocenters. The van der Waals surface area contributed by atoms with Gasteiger partial charge in [0.1, 0.15) is 23.6 Å². The van der Waals surface area contributed by atoms with Crippen LogP contribution in [0.4, 0.5) is 0 Å². The summed E-state index contributed by atoms with van der Waals surface area (Å²) in [7, 11) is 1.76. The number of aryl methyl sites for hydroxylation is 1. The lowest BCUT2D eigenvalue weighted by atomic mass is 9.91. The van der Waals surface area contributed by atoms with Crippen LogP contribution in [0.3, 0.4) is 0 Å². The number of ether oxygens (including phenoxy) is 1. The number of para-hydroxylation sites is 1. The second kappa shape index (κ2) is 9.64. The van der Waals surface area contributed by atoms with Crippen LogP contribution in [0, 0.1) is 0 Å². The molecule has 0 radical (unpaired) electrons. The average molecular weight is 474 g/mol. The van der Waals surface area contributed by atoms with Gasteiger partial charge < -0.3 is 9.84 Å². The number of hydrogen-bond donors (Lipinski definition) is 1. The molecular weight excluding hydrogens is 442 g/mol. The van der Waals surface area contributed by atoms with Crippen molar-refractivity contribution >= 4 is 11.0 Å². The third-order valence-electron chi connectivity index (χ3n) is 6.88. The quantitative estimate of drug-likeness (QED) is 0.443. The maximum Gasteiger partial charge on any atom is 0.264 e. The highest BCUT2D eigenvalue weighted by atomic mass is 16.5. The van der Waals surface area contributed by atoms with E-state index in [0.29, 0.717) is 23.9 Å². The van der Waals surface area contributed by atoms with Crippen molar-refractivity contribution in [3.8, 4) is 5.75 Å². The number of aromatic nitrogens is 4. The van der Waals surface area contributed by atoms with Crippen LogP contribution in [0.25, 0.3) is 11.0 Å². The van der Waals surface area contributed by atoms with Crippen LogP contribution in [-0.2, 0) is 20.1 Å². The first kappa shape index (κ1) is 23.3. The summed E-state index contributed by atoms with van der Waals surface area (Å²) in [6.45, 7) is 4.66. The molecule has 5 rings (SSSR count). The van der Waals surface area contributed by atoms with Gasteiger partial charge in [0.05, 0.1) is 18.3 Å². The number of nitrogens with zero attached hydrogens (tertiary/aromatic N) is 5. The monoisotopic (exact) mass is 473 g/mol. The fourth-order valence-corrected chi connectivity index (χ4v) is 4.71. The molecule has 8 heteroatoms. The zero-order valence-electron chi connectivity index (χ0n) is 20.2. The third kappa shape index (κ3) is 5.13. The molecule has 0 saturated carbocycles. The molecule has 8 nitrogen and oxygen atoms in total. The zero-order chi connectivity index (χ0) is 24.4. The number of rotatable bonds is 7. The molecule has 1 atom stereocenters.